The second kappa shape index (κ2) is 4.99. The summed E-state index contributed by atoms with van der Waals surface area (Å²) >= 11 is 0. The molecule has 0 aliphatic heterocycles. The van der Waals surface area contributed by atoms with Crippen LogP contribution in [0.5, 0.6) is 0 Å². The highest BCUT2D eigenvalue weighted by atomic mass is 16.5. The van der Waals surface area contributed by atoms with Gasteiger partial charge < -0.3 is 9.30 Å². The molecule has 2 heteroatoms. The molecule has 84 valence electrons. The van der Waals surface area contributed by atoms with Gasteiger partial charge in [-0.05, 0) is 30.5 Å². The minimum atomic E-state index is 0.615. The van der Waals surface area contributed by atoms with Crippen molar-refractivity contribution in [3.8, 4) is 0 Å². The summed E-state index contributed by atoms with van der Waals surface area (Å²) in [5.74, 6) is 0. The molecular weight excluding hydrogens is 198 g/mol. The average molecular weight is 215 g/mol. The van der Waals surface area contributed by atoms with Gasteiger partial charge in [0.1, 0.15) is 6.73 Å². The van der Waals surface area contributed by atoms with Crippen LogP contribution in [0.25, 0.3) is 0 Å². The molecule has 16 heavy (non-hydrogen) atoms. The number of hydrogen-bond acceptors (Lipinski definition) is 1. The van der Waals surface area contributed by atoms with Gasteiger partial charge in [-0.3, -0.25) is 0 Å². The summed E-state index contributed by atoms with van der Waals surface area (Å²) in [5, 5.41) is 0. The van der Waals surface area contributed by atoms with Crippen molar-refractivity contribution in [1.82, 2.24) is 4.57 Å². The zero-order valence-electron chi connectivity index (χ0n) is 9.81. The SMILES string of the molecule is Cc1cn(COCc2ccccc2)cc1C. The maximum atomic E-state index is 5.64. The Morgan fingerprint density at radius 1 is 1.00 bits per heavy atom. The number of aromatic nitrogens is 1. The van der Waals surface area contributed by atoms with Crippen LogP contribution >= 0.6 is 0 Å². The highest BCUT2D eigenvalue weighted by Crippen LogP contribution is 2.08. The molecule has 0 radical (unpaired) electrons. The van der Waals surface area contributed by atoms with Crippen LogP contribution in [0.15, 0.2) is 42.7 Å². The Labute approximate surface area is 96.5 Å². The van der Waals surface area contributed by atoms with Crippen molar-refractivity contribution in [1.29, 1.82) is 0 Å². The van der Waals surface area contributed by atoms with E-state index < -0.39 is 0 Å². The Balaban J connectivity index is 1.84. The monoisotopic (exact) mass is 215 g/mol. The number of ether oxygens (including phenoxy) is 1. The Hall–Kier alpha value is -1.54. The molecular formula is C14H17NO. The first-order valence-corrected chi connectivity index (χ1v) is 5.50. The second-order valence-electron chi connectivity index (χ2n) is 4.10. The Bertz CT molecular complexity index is 426. The average Bonchev–Trinajstić information content (AvgIpc) is 2.60. The van der Waals surface area contributed by atoms with E-state index in [0.29, 0.717) is 13.3 Å². The lowest BCUT2D eigenvalue weighted by Crippen LogP contribution is -2.00. The topological polar surface area (TPSA) is 14.2 Å². The van der Waals surface area contributed by atoms with E-state index in [1.54, 1.807) is 0 Å². The summed E-state index contributed by atoms with van der Waals surface area (Å²) < 4.78 is 7.71. The number of nitrogens with zero attached hydrogens (tertiary/aromatic N) is 1. The molecule has 0 saturated carbocycles. The van der Waals surface area contributed by atoms with Crippen molar-refractivity contribution >= 4 is 0 Å². The summed E-state index contributed by atoms with van der Waals surface area (Å²) in [6.07, 6.45) is 4.22. The standard InChI is InChI=1S/C14H17NO/c1-12-8-15(9-13(12)2)11-16-10-14-6-4-3-5-7-14/h3-9H,10-11H2,1-2H3. The zero-order valence-corrected chi connectivity index (χ0v) is 9.81. The lowest BCUT2D eigenvalue weighted by atomic mass is 10.2. The first-order chi connectivity index (χ1) is 7.75. The highest BCUT2D eigenvalue weighted by molar-refractivity contribution is 5.20. The number of rotatable bonds is 4. The third-order valence-electron chi connectivity index (χ3n) is 2.69. The van der Waals surface area contributed by atoms with Crippen molar-refractivity contribution < 1.29 is 4.74 Å². The molecule has 0 saturated heterocycles. The molecule has 0 spiro atoms. The van der Waals surface area contributed by atoms with Gasteiger partial charge in [-0.25, -0.2) is 0 Å². The van der Waals surface area contributed by atoms with Crippen LogP contribution in [0.4, 0.5) is 0 Å². The van der Waals surface area contributed by atoms with E-state index in [9.17, 15) is 0 Å². The highest BCUT2D eigenvalue weighted by Gasteiger charge is 1.97. The molecule has 2 rings (SSSR count). The fourth-order valence-corrected chi connectivity index (χ4v) is 1.66. The van der Waals surface area contributed by atoms with Crippen LogP contribution in [-0.2, 0) is 18.1 Å². The van der Waals surface area contributed by atoms with Crippen LogP contribution in [0.1, 0.15) is 16.7 Å². The smallest absolute Gasteiger partial charge is 0.122 e. The van der Waals surface area contributed by atoms with Gasteiger partial charge in [-0.15, -0.1) is 0 Å². The van der Waals surface area contributed by atoms with Gasteiger partial charge in [0.2, 0.25) is 0 Å². The molecule has 1 aromatic heterocycles. The largest absolute Gasteiger partial charge is 0.356 e. The minimum absolute atomic E-state index is 0.615. The molecule has 0 amide bonds. The third-order valence-corrected chi connectivity index (χ3v) is 2.69. The van der Waals surface area contributed by atoms with E-state index in [1.165, 1.54) is 16.7 Å². The fraction of sp³-hybridized carbons (Fsp3) is 0.286. The van der Waals surface area contributed by atoms with Crippen LogP contribution in [0, 0.1) is 13.8 Å². The van der Waals surface area contributed by atoms with E-state index >= 15 is 0 Å². The normalized spacial score (nSPS) is 10.6. The first kappa shape index (κ1) is 11.0. The summed E-state index contributed by atoms with van der Waals surface area (Å²) in [5.41, 5.74) is 3.83. The zero-order chi connectivity index (χ0) is 11.4. The maximum absolute atomic E-state index is 5.64. The number of hydrogen-bond donors (Lipinski definition) is 0. The van der Waals surface area contributed by atoms with Crippen LogP contribution in [0.3, 0.4) is 0 Å². The van der Waals surface area contributed by atoms with Gasteiger partial charge in [0, 0.05) is 12.4 Å². The van der Waals surface area contributed by atoms with E-state index in [1.807, 2.05) is 18.2 Å². The molecule has 0 N–H and O–H groups in total. The molecule has 0 fully saturated rings. The molecule has 0 aliphatic carbocycles. The lowest BCUT2D eigenvalue weighted by molar-refractivity contribution is 0.0641. The molecule has 0 aliphatic rings. The molecule has 0 atom stereocenters. The van der Waals surface area contributed by atoms with Gasteiger partial charge in [-0.1, -0.05) is 30.3 Å². The van der Waals surface area contributed by atoms with Crippen molar-refractivity contribution in [2.45, 2.75) is 27.2 Å². The third kappa shape index (κ3) is 2.74. The van der Waals surface area contributed by atoms with Crippen LogP contribution < -0.4 is 0 Å². The fourth-order valence-electron chi connectivity index (χ4n) is 1.66. The maximum Gasteiger partial charge on any atom is 0.122 e. The van der Waals surface area contributed by atoms with Gasteiger partial charge in [0.05, 0.1) is 6.61 Å². The van der Waals surface area contributed by atoms with Crippen LogP contribution in [0.2, 0.25) is 0 Å². The van der Waals surface area contributed by atoms with Gasteiger partial charge in [0.25, 0.3) is 0 Å². The quantitative estimate of drug-likeness (QED) is 0.763. The van der Waals surface area contributed by atoms with E-state index in [2.05, 4.69) is 42.9 Å². The molecule has 0 bridgehead atoms. The summed E-state index contributed by atoms with van der Waals surface area (Å²) in [7, 11) is 0. The summed E-state index contributed by atoms with van der Waals surface area (Å²) in [6.45, 7) is 5.51. The number of aryl methyl sites for hydroxylation is 2. The number of benzene rings is 1. The molecule has 1 heterocycles. The first-order valence-electron chi connectivity index (χ1n) is 5.50. The lowest BCUT2D eigenvalue weighted by Gasteiger charge is -2.05. The summed E-state index contributed by atoms with van der Waals surface area (Å²) in [6, 6.07) is 10.2. The molecule has 1 aromatic carbocycles. The molecule has 2 nitrogen and oxygen atoms in total. The van der Waals surface area contributed by atoms with Crippen molar-refractivity contribution in [2.75, 3.05) is 0 Å². The van der Waals surface area contributed by atoms with E-state index in [4.69, 9.17) is 4.74 Å². The molecule has 2 aromatic rings. The minimum Gasteiger partial charge on any atom is -0.356 e. The van der Waals surface area contributed by atoms with Crippen LogP contribution in [-0.4, -0.2) is 4.57 Å². The predicted molar refractivity (Wildman–Crippen MR) is 65.1 cm³/mol. The van der Waals surface area contributed by atoms with Crippen molar-refractivity contribution in [3.63, 3.8) is 0 Å². The van der Waals surface area contributed by atoms with Crippen molar-refractivity contribution in [3.05, 3.63) is 59.4 Å². The van der Waals surface area contributed by atoms with Gasteiger partial charge in [0.15, 0.2) is 0 Å². The van der Waals surface area contributed by atoms with Crippen molar-refractivity contribution in [2.24, 2.45) is 0 Å². The van der Waals surface area contributed by atoms with E-state index in [0.717, 1.165) is 0 Å². The predicted octanol–water partition coefficient (Wildman–Crippen LogP) is 3.28. The second-order valence-corrected chi connectivity index (χ2v) is 4.10. The van der Waals surface area contributed by atoms with E-state index in [-0.39, 0.29) is 0 Å². The van der Waals surface area contributed by atoms with Gasteiger partial charge >= 0.3 is 0 Å². The summed E-state index contributed by atoms with van der Waals surface area (Å²) in [4.78, 5) is 0. The molecule has 0 unspecified atom stereocenters. The Kier molecular flexibility index (Phi) is 3.42. The van der Waals surface area contributed by atoms with Gasteiger partial charge in [-0.2, -0.15) is 0 Å². The Morgan fingerprint density at radius 3 is 2.25 bits per heavy atom. The Morgan fingerprint density at radius 2 is 1.62 bits per heavy atom.